The Bertz CT molecular complexity index is 829. The van der Waals surface area contributed by atoms with Crippen LogP contribution in [0.5, 0.6) is 0 Å². The Hall–Kier alpha value is -1.64. The summed E-state index contributed by atoms with van der Waals surface area (Å²) in [6.07, 6.45) is 5.62. The normalized spacial score (nSPS) is 16.5. The van der Waals surface area contributed by atoms with Gasteiger partial charge in [-0.15, -0.1) is 0 Å². The molecule has 1 fully saturated rings. The average molecular weight is 441 g/mol. The van der Waals surface area contributed by atoms with Crippen LogP contribution in [0, 0.1) is 0 Å². The maximum atomic E-state index is 12.7. The Morgan fingerprint density at radius 1 is 1.19 bits per heavy atom. The van der Waals surface area contributed by atoms with Gasteiger partial charge in [0.1, 0.15) is 5.76 Å². The topological polar surface area (TPSA) is 88.4 Å². The van der Waals surface area contributed by atoms with Crippen LogP contribution >= 0.6 is 15.9 Å². The molecule has 0 spiro atoms. The van der Waals surface area contributed by atoms with Crippen molar-refractivity contribution in [3.63, 3.8) is 0 Å². The summed E-state index contributed by atoms with van der Waals surface area (Å²) >= 11 is 3.29. The number of furan rings is 1. The molecule has 3 rings (SSSR count). The molecule has 1 amide bonds. The van der Waals surface area contributed by atoms with Crippen molar-refractivity contribution in [2.75, 3.05) is 0 Å². The van der Waals surface area contributed by atoms with Crippen molar-refractivity contribution in [3.8, 4) is 0 Å². The summed E-state index contributed by atoms with van der Waals surface area (Å²) in [4.78, 5) is 12.5. The molecule has 1 aromatic heterocycles. The Kier molecular flexibility index (Phi) is 6.16. The van der Waals surface area contributed by atoms with Crippen LogP contribution in [-0.2, 0) is 14.8 Å². The van der Waals surface area contributed by atoms with Gasteiger partial charge in [0.05, 0.1) is 23.6 Å². The summed E-state index contributed by atoms with van der Waals surface area (Å²) in [5.74, 6) is 0.226. The number of nitrogens with one attached hydrogen (secondary N) is 2. The summed E-state index contributed by atoms with van der Waals surface area (Å²) in [6.45, 7) is 0. The van der Waals surface area contributed by atoms with Gasteiger partial charge in [0.15, 0.2) is 0 Å². The highest BCUT2D eigenvalue weighted by Gasteiger charge is 2.27. The van der Waals surface area contributed by atoms with Crippen LogP contribution in [0.15, 0.2) is 56.4 Å². The quantitative estimate of drug-likeness (QED) is 0.689. The lowest BCUT2D eigenvalue weighted by atomic mass is 10.1. The smallest absolute Gasteiger partial charge is 0.241 e. The molecule has 0 radical (unpaired) electrons. The van der Waals surface area contributed by atoms with E-state index >= 15 is 0 Å². The molecule has 1 heterocycles. The Morgan fingerprint density at radius 3 is 2.50 bits per heavy atom. The van der Waals surface area contributed by atoms with Gasteiger partial charge in [-0.05, 0) is 49.2 Å². The van der Waals surface area contributed by atoms with Crippen molar-refractivity contribution in [1.29, 1.82) is 0 Å². The van der Waals surface area contributed by atoms with Crippen LogP contribution in [0.2, 0.25) is 0 Å². The first-order valence-electron chi connectivity index (χ1n) is 8.55. The SMILES string of the molecule is O=C(CC(NS(=O)(=O)c1ccc(Br)cc1)c1ccco1)NC1CCCC1. The molecule has 0 bridgehead atoms. The number of carbonyl (C=O) groups excluding carboxylic acids is 1. The zero-order valence-corrected chi connectivity index (χ0v) is 16.6. The van der Waals surface area contributed by atoms with Gasteiger partial charge in [0.25, 0.3) is 0 Å². The predicted octanol–water partition coefficient (Wildman–Crippen LogP) is 3.51. The number of amides is 1. The van der Waals surface area contributed by atoms with Crippen molar-refractivity contribution in [3.05, 3.63) is 52.9 Å². The van der Waals surface area contributed by atoms with Gasteiger partial charge in [-0.25, -0.2) is 8.42 Å². The second kappa shape index (κ2) is 8.37. The Balaban J connectivity index is 1.73. The lowest BCUT2D eigenvalue weighted by molar-refractivity contribution is -0.122. The Morgan fingerprint density at radius 2 is 1.88 bits per heavy atom. The molecule has 1 aliphatic rings. The predicted molar refractivity (Wildman–Crippen MR) is 101 cm³/mol. The second-order valence-corrected chi connectivity index (χ2v) is 9.03. The third-order valence-electron chi connectivity index (χ3n) is 4.42. The van der Waals surface area contributed by atoms with E-state index in [1.54, 1.807) is 24.3 Å². The molecule has 1 unspecified atom stereocenters. The lowest BCUT2D eigenvalue weighted by Crippen LogP contribution is -2.37. The van der Waals surface area contributed by atoms with Crippen molar-refractivity contribution >= 4 is 31.9 Å². The largest absolute Gasteiger partial charge is 0.468 e. The maximum Gasteiger partial charge on any atom is 0.241 e. The molecule has 8 heteroatoms. The third-order valence-corrected chi connectivity index (χ3v) is 6.43. The van der Waals surface area contributed by atoms with E-state index in [2.05, 4.69) is 26.0 Å². The number of carbonyl (C=O) groups is 1. The Labute approximate surface area is 161 Å². The van der Waals surface area contributed by atoms with E-state index in [-0.39, 0.29) is 23.3 Å². The minimum Gasteiger partial charge on any atom is -0.468 e. The van der Waals surface area contributed by atoms with E-state index in [4.69, 9.17) is 4.42 Å². The van der Waals surface area contributed by atoms with Gasteiger partial charge in [-0.2, -0.15) is 4.72 Å². The first-order valence-corrected chi connectivity index (χ1v) is 10.8. The van der Waals surface area contributed by atoms with Crippen molar-refractivity contribution < 1.29 is 17.6 Å². The van der Waals surface area contributed by atoms with Gasteiger partial charge in [-0.3, -0.25) is 4.79 Å². The molecule has 0 aliphatic heterocycles. The van der Waals surface area contributed by atoms with Crippen LogP contribution in [0.3, 0.4) is 0 Å². The number of hydrogen-bond donors (Lipinski definition) is 2. The van der Waals surface area contributed by atoms with Crippen molar-refractivity contribution in [2.24, 2.45) is 0 Å². The average Bonchev–Trinajstić information content (AvgIpc) is 3.28. The van der Waals surface area contributed by atoms with Crippen LogP contribution in [0.25, 0.3) is 0 Å². The number of sulfonamides is 1. The molecule has 1 saturated carbocycles. The highest BCUT2D eigenvalue weighted by Crippen LogP contribution is 2.23. The van der Waals surface area contributed by atoms with E-state index in [0.29, 0.717) is 5.76 Å². The first-order chi connectivity index (χ1) is 12.4. The van der Waals surface area contributed by atoms with Gasteiger partial charge in [0.2, 0.25) is 15.9 Å². The van der Waals surface area contributed by atoms with Crippen LogP contribution in [0.1, 0.15) is 43.9 Å². The van der Waals surface area contributed by atoms with Gasteiger partial charge < -0.3 is 9.73 Å². The highest BCUT2D eigenvalue weighted by atomic mass is 79.9. The second-order valence-electron chi connectivity index (χ2n) is 6.40. The number of halogens is 1. The number of benzene rings is 1. The van der Waals surface area contributed by atoms with E-state index in [1.165, 1.54) is 18.4 Å². The molecule has 0 saturated heterocycles. The van der Waals surface area contributed by atoms with Crippen LogP contribution in [0.4, 0.5) is 0 Å². The molecule has 6 nitrogen and oxygen atoms in total. The summed E-state index contributed by atoms with van der Waals surface area (Å²) < 4.78 is 34.1. The van der Waals surface area contributed by atoms with Gasteiger partial charge in [-0.1, -0.05) is 28.8 Å². The fraction of sp³-hybridized carbons (Fsp3) is 0.389. The summed E-state index contributed by atoms with van der Waals surface area (Å²) in [7, 11) is -3.79. The van der Waals surface area contributed by atoms with E-state index in [0.717, 1.165) is 30.2 Å². The molecule has 1 atom stereocenters. The minimum absolute atomic E-state index is 0.0141. The minimum atomic E-state index is -3.79. The molecule has 1 aromatic carbocycles. The van der Waals surface area contributed by atoms with Gasteiger partial charge >= 0.3 is 0 Å². The van der Waals surface area contributed by atoms with Crippen molar-refractivity contribution in [2.45, 2.75) is 49.1 Å². The zero-order chi connectivity index (χ0) is 18.6. The number of rotatable bonds is 7. The van der Waals surface area contributed by atoms with E-state index in [9.17, 15) is 13.2 Å². The van der Waals surface area contributed by atoms with E-state index < -0.39 is 16.1 Å². The molecular weight excluding hydrogens is 420 g/mol. The highest BCUT2D eigenvalue weighted by molar-refractivity contribution is 9.10. The first kappa shape index (κ1) is 19.1. The van der Waals surface area contributed by atoms with Crippen molar-refractivity contribution in [1.82, 2.24) is 10.0 Å². The fourth-order valence-corrected chi connectivity index (χ4v) is 4.57. The molecular formula is C18H21BrN2O4S. The molecule has 2 aromatic rings. The van der Waals surface area contributed by atoms with Crippen LogP contribution in [-0.4, -0.2) is 20.4 Å². The number of hydrogen-bond acceptors (Lipinski definition) is 4. The zero-order valence-electron chi connectivity index (χ0n) is 14.2. The van der Waals surface area contributed by atoms with Crippen LogP contribution < -0.4 is 10.0 Å². The standard InChI is InChI=1S/C18H21BrN2O4S/c19-13-7-9-15(10-8-13)26(23,24)21-16(17-6-3-11-25-17)12-18(22)20-14-4-1-2-5-14/h3,6-11,14,16,21H,1-2,4-5,12H2,(H,20,22). The molecule has 2 N–H and O–H groups in total. The molecule has 1 aliphatic carbocycles. The summed E-state index contributed by atoms with van der Waals surface area (Å²) in [5, 5.41) is 2.98. The maximum absolute atomic E-state index is 12.7. The molecule has 26 heavy (non-hydrogen) atoms. The van der Waals surface area contributed by atoms with E-state index in [1.807, 2.05) is 0 Å². The fourth-order valence-electron chi connectivity index (χ4n) is 3.10. The monoisotopic (exact) mass is 440 g/mol. The molecule has 140 valence electrons. The third kappa shape index (κ3) is 4.96. The lowest BCUT2D eigenvalue weighted by Gasteiger charge is -2.18. The summed E-state index contributed by atoms with van der Waals surface area (Å²) in [5.41, 5.74) is 0. The summed E-state index contributed by atoms with van der Waals surface area (Å²) in [6, 6.07) is 9.08. The van der Waals surface area contributed by atoms with Gasteiger partial charge in [0, 0.05) is 10.5 Å².